The van der Waals surface area contributed by atoms with Crippen LogP contribution in [-0.4, -0.2) is 11.1 Å². The van der Waals surface area contributed by atoms with Crippen molar-refractivity contribution in [2.24, 2.45) is 0 Å². The zero-order chi connectivity index (χ0) is 13.0. The summed E-state index contributed by atoms with van der Waals surface area (Å²) in [5.74, 6) is -0.0551. The highest BCUT2D eigenvalue weighted by atomic mass is 16.5. The first-order valence-electron chi connectivity index (χ1n) is 5.20. The van der Waals surface area contributed by atoms with Crippen LogP contribution in [0.15, 0.2) is 48.5 Å². The Balaban J connectivity index is 2.12. The quantitative estimate of drug-likeness (QED) is 0.645. The standard InChI is InChI=1S/C14H9NO3/c15-9-10-1-3-11(4-2-10)14(17)18-13-7-5-12(16)6-8-13/h1-8,16H. The summed E-state index contributed by atoms with van der Waals surface area (Å²) in [7, 11) is 0. The maximum atomic E-state index is 11.7. The summed E-state index contributed by atoms with van der Waals surface area (Å²) >= 11 is 0. The number of phenols is 1. The van der Waals surface area contributed by atoms with Crippen LogP contribution in [-0.2, 0) is 0 Å². The molecule has 0 aromatic heterocycles. The molecule has 0 aliphatic carbocycles. The molecule has 1 N–H and O–H groups in total. The summed E-state index contributed by atoms with van der Waals surface area (Å²) in [4.78, 5) is 11.7. The van der Waals surface area contributed by atoms with Crippen molar-refractivity contribution >= 4 is 5.97 Å². The zero-order valence-corrected chi connectivity index (χ0v) is 9.33. The van der Waals surface area contributed by atoms with Crippen molar-refractivity contribution in [2.45, 2.75) is 0 Å². The number of ether oxygens (including phenoxy) is 1. The van der Waals surface area contributed by atoms with Gasteiger partial charge in [0.1, 0.15) is 11.5 Å². The number of carbonyl (C=O) groups is 1. The summed E-state index contributed by atoms with van der Waals surface area (Å²) in [5, 5.41) is 17.7. The molecule has 0 atom stereocenters. The molecule has 2 aromatic carbocycles. The summed E-state index contributed by atoms with van der Waals surface area (Å²) in [6.07, 6.45) is 0. The van der Waals surface area contributed by atoms with Crippen LogP contribution in [0.2, 0.25) is 0 Å². The fourth-order valence-corrected chi connectivity index (χ4v) is 1.36. The van der Waals surface area contributed by atoms with Crippen molar-refractivity contribution in [1.82, 2.24) is 0 Å². The lowest BCUT2D eigenvalue weighted by molar-refractivity contribution is 0.0734. The predicted octanol–water partition coefficient (Wildman–Crippen LogP) is 2.48. The number of carbonyl (C=O) groups excluding carboxylic acids is 1. The maximum Gasteiger partial charge on any atom is 0.343 e. The first-order chi connectivity index (χ1) is 8.69. The lowest BCUT2D eigenvalue weighted by atomic mass is 10.1. The van der Waals surface area contributed by atoms with E-state index in [-0.39, 0.29) is 5.75 Å². The SMILES string of the molecule is N#Cc1ccc(C(=O)Oc2ccc(O)cc2)cc1. The Morgan fingerprint density at radius 2 is 1.67 bits per heavy atom. The summed E-state index contributed by atoms with van der Waals surface area (Å²) in [6, 6.07) is 14.0. The molecule has 0 aliphatic rings. The van der Waals surface area contributed by atoms with E-state index >= 15 is 0 Å². The van der Waals surface area contributed by atoms with Crippen LogP contribution in [0.5, 0.6) is 11.5 Å². The largest absolute Gasteiger partial charge is 0.508 e. The monoisotopic (exact) mass is 239 g/mol. The van der Waals surface area contributed by atoms with Crippen molar-refractivity contribution in [3.8, 4) is 17.6 Å². The van der Waals surface area contributed by atoms with Crippen LogP contribution in [0.25, 0.3) is 0 Å². The van der Waals surface area contributed by atoms with Gasteiger partial charge in [-0.3, -0.25) is 0 Å². The van der Waals surface area contributed by atoms with Crippen LogP contribution in [0, 0.1) is 11.3 Å². The van der Waals surface area contributed by atoms with Crippen LogP contribution in [0.3, 0.4) is 0 Å². The Bertz CT molecular complexity index is 594. The molecule has 0 saturated carbocycles. The molecule has 18 heavy (non-hydrogen) atoms. The second-order valence-corrected chi connectivity index (χ2v) is 3.57. The fraction of sp³-hybridized carbons (Fsp3) is 0. The first kappa shape index (κ1) is 11.7. The maximum absolute atomic E-state index is 11.7. The molecule has 0 spiro atoms. The van der Waals surface area contributed by atoms with Gasteiger partial charge in [-0.15, -0.1) is 0 Å². The lowest BCUT2D eigenvalue weighted by Crippen LogP contribution is -2.08. The van der Waals surface area contributed by atoms with Gasteiger partial charge in [-0.25, -0.2) is 4.79 Å². The topological polar surface area (TPSA) is 70.3 Å². The number of hydrogen-bond donors (Lipinski definition) is 1. The molecular weight excluding hydrogens is 230 g/mol. The Morgan fingerprint density at radius 1 is 1.06 bits per heavy atom. The molecule has 88 valence electrons. The Morgan fingerprint density at radius 3 is 2.22 bits per heavy atom. The van der Waals surface area contributed by atoms with Gasteiger partial charge in [0.2, 0.25) is 0 Å². The van der Waals surface area contributed by atoms with Crippen molar-refractivity contribution < 1.29 is 14.6 Å². The number of hydrogen-bond acceptors (Lipinski definition) is 4. The van der Waals surface area contributed by atoms with Gasteiger partial charge < -0.3 is 9.84 Å². The van der Waals surface area contributed by atoms with Crippen molar-refractivity contribution in [2.75, 3.05) is 0 Å². The molecule has 2 aromatic rings. The van der Waals surface area contributed by atoms with Gasteiger partial charge in [0, 0.05) is 0 Å². The Hall–Kier alpha value is -2.80. The molecule has 4 heteroatoms. The molecule has 2 rings (SSSR count). The summed E-state index contributed by atoms with van der Waals surface area (Å²) in [6.45, 7) is 0. The van der Waals surface area contributed by atoms with Gasteiger partial charge >= 0.3 is 5.97 Å². The number of esters is 1. The number of aromatic hydroxyl groups is 1. The summed E-state index contributed by atoms with van der Waals surface area (Å²) in [5.41, 5.74) is 0.846. The minimum Gasteiger partial charge on any atom is -0.508 e. The normalized spacial score (nSPS) is 9.50. The summed E-state index contributed by atoms with van der Waals surface area (Å²) < 4.78 is 5.10. The number of phenolic OH excluding ortho intramolecular Hbond substituents is 1. The van der Waals surface area contributed by atoms with Crippen LogP contribution >= 0.6 is 0 Å². The van der Waals surface area contributed by atoms with Crippen LogP contribution in [0.4, 0.5) is 0 Å². The van der Waals surface area contributed by atoms with E-state index in [0.29, 0.717) is 16.9 Å². The number of nitriles is 1. The molecule has 0 unspecified atom stereocenters. The van der Waals surface area contributed by atoms with E-state index in [1.807, 2.05) is 6.07 Å². The van der Waals surface area contributed by atoms with Gasteiger partial charge in [0.25, 0.3) is 0 Å². The van der Waals surface area contributed by atoms with Gasteiger partial charge in [-0.1, -0.05) is 0 Å². The van der Waals surface area contributed by atoms with Crippen molar-refractivity contribution in [3.63, 3.8) is 0 Å². The van der Waals surface area contributed by atoms with Gasteiger partial charge in [0.15, 0.2) is 0 Å². The van der Waals surface area contributed by atoms with E-state index in [2.05, 4.69) is 0 Å². The Kier molecular flexibility index (Phi) is 3.26. The van der Waals surface area contributed by atoms with Crippen LogP contribution < -0.4 is 4.74 Å². The fourth-order valence-electron chi connectivity index (χ4n) is 1.36. The van der Waals surface area contributed by atoms with E-state index in [4.69, 9.17) is 15.1 Å². The van der Waals surface area contributed by atoms with Gasteiger partial charge in [0.05, 0.1) is 17.2 Å². The van der Waals surface area contributed by atoms with E-state index in [1.54, 1.807) is 12.1 Å². The molecule has 0 aliphatic heterocycles. The van der Waals surface area contributed by atoms with E-state index in [0.717, 1.165) is 0 Å². The van der Waals surface area contributed by atoms with Gasteiger partial charge in [-0.2, -0.15) is 5.26 Å². The first-order valence-corrected chi connectivity index (χ1v) is 5.20. The second kappa shape index (κ2) is 5.02. The molecule has 4 nitrogen and oxygen atoms in total. The number of nitrogens with zero attached hydrogens (tertiary/aromatic N) is 1. The third kappa shape index (κ3) is 2.66. The average molecular weight is 239 g/mol. The number of rotatable bonds is 2. The predicted molar refractivity (Wildman–Crippen MR) is 64.2 cm³/mol. The smallest absolute Gasteiger partial charge is 0.343 e. The molecular formula is C14H9NO3. The third-order valence-electron chi connectivity index (χ3n) is 2.30. The molecule has 0 saturated heterocycles. The van der Waals surface area contributed by atoms with Crippen LogP contribution in [0.1, 0.15) is 15.9 Å². The van der Waals surface area contributed by atoms with E-state index in [9.17, 15) is 4.79 Å². The lowest BCUT2D eigenvalue weighted by Gasteiger charge is -2.04. The molecule has 0 heterocycles. The van der Waals surface area contributed by atoms with Crippen molar-refractivity contribution in [1.29, 1.82) is 5.26 Å². The highest BCUT2D eigenvalue weighted by Gasteiger charge is 2.08. The minimum atomic E-state index is -0.509. The minimum absolute atomic E-state index is 0.105. The highest BCUT2D eigenvalue weighted by molar-refractivity contribution is 5.91. The molecule has 0 radical (unpaired) electrons. The second-order valence-electron chi connectivity index (χ2n) is 3.57. The molecule has 0 amide bonds. The Labute approximate surface area is 104 Å². The number of benzene rings is 2. The highest BCUT2D eigenvalue weighted by Crippen LogP contribution is 2.17. The average Bonchev–Trinajstić information content (AvgIpc) is 2.41. The van der Waals surface area contributed by atoms with E-state index < -0.39 is 5.97 Å². The molecule has 0 fully saturated rings. The third-order valence-corrected chi connectivity index (χ3v) is 2.30. The zero-order valence-electron chi connectivity index (χ0n) is 9.33. The van der Waals surface area contributed by atoms with Gasteiger partial charge in [-0.05, 0) is 48.5 Å². The van der Waals surface area contributed by atoms with Crippen molar-refractivity contribution in [3.05, 3.63) is 59.7 Å². The molecule has 0 bridgehead atoms. The van der Waals surface area contributed by atoms with E-state index in [1.165, 1.54) is 36.4 Å².